The minimum Gasteiger partial charge on any atom is -0.478 e. The molecule has 5 heteroatoms. The summed E-state index contributed by atoms with van der Waals surface area (Å²) < 4.78 is 7.22. The fourth-order valence-corrected chi connectivity index (χ4v) is 2.34. The fraction of sp³-hybridized carbons (Fsp3) is 0.381. The van der Waals surface area contributed by atoms with Crippen molar-refractivity contribution in [3.8, 4) is 28.7 Å². The second-order valence-corrected chi connectivity index (χ2v) is 4.94. The average molecular weight is 430 g/mol. The van der Waals surface area contributed by atoms with Crippen molar-refractivity contribution in [1.29, 1.82) is 0 Å². The Labute approximate surface area is 183 Å². The number of nitrogens with zero attached hydrogens (tertiary/aromatic N) is 2. The van der Waals surface area contributed by atoms with E-state index in [0.717, 1.165) is 11.1 Å². The van der Waals surface area contributed by atoms with Gasteiger partial charge in [-0.3, -0.25) is 4.79 Å². The smallest absolute Gasteiger partial charge is 0.278 e. The van der Waals surface area contributed by atoms with Crippen LogP contribution in [0.3, 0.4) is 0 Å². The number of hydrogen-bond acceptors (Lipinski definition) is 3. The fourth-order valence-electron chi connectivity index (χ4n) is 2.34. The molecule has 0 unspecified atom stereocenters. The monoisotopic (exact) mass is 430 g/mol. The van der Waals surface area contributed by atoms with Crippen molar-refractivity contribution in [2.24, 2.45) is 0 Å². The molecule has 0 aliphatic rings. The summed E-state index contributed by atoms with van der Waals surface area (Å²) >= 11 is 0. The van der Waals surface area contributed by atoms with E-state index in [9.17, 15) is 4.79 Å². The third-order valence-corrected chi connectivity index (χ3v) is 3.45. The van der Waals surface area contributed by atoms with Gasteiger partial charge in [0.15, 0.2) is 5.75 Å². The zero-order chi connectivity index (χ0) is 18.1. The number of aryl methyl sites for hydroxylation is 3. The van der Waals surface area contributed by atoms with Crippen LogP contribution in [0, 0.1) is 33.1 Å². The summed E-state index contributed by atoms with van der Waals surface area (Å²) in [5.41, 5.74) is 3.02. The molecule has 0 aliphatic heterocycles. The summed E-state index contributed by atoms with van der Waals surface area (Å²) in [5, 5.41) is 4.32. The Morgan fingerprint density at radius 1 is 1.19 bits per heavy atom. The summed E-state index contributed by atoms with van der Waals surface area (Å²) in [7, 11) is 0. The van der Waals surface area contributed by atoms with E-state index in [1.54, 1.807) is 6.92 Å². The van der Waals surface area contributed by atoms with Gasteiger partial charge in [0.1, 0.15) is 12.3 Å². The minimum absolute atomic E-state index is 0. The van der Waals surface area contributed by atoms with Gasteiger partial charge in [-0.2, -0.15) is 5.10 Å². The minimum atomic E-state index is -0.137. The first-order valence-electron chi connectivity index (χ1n) is 8.30. The largest absolute Gasteiger partial charge is 0.478 e. The van der Waals surface area contributed by atoms with E-state index in [0.29, 0.717) is 23.6 Å². The van der Waals surface area contributed by atoms with Crippen LogP contribution in [0.2, 0.25) is 0 Å². The zero-order valence-corrected chi connectivity index (χ0v) is 19.9. The molecule has 26 heavy (non-hydrogen) atoms. The molecule has 0 saturated carbocycles. The van der Waals surface area contributed by atoms with Crippen molar-refractivity contribution < 1.29 is 37.4 Å². The molecule has 139 valence electrons. The van der Waals surface area contributed by atoms with Gasteiger partial charge in [0.25, 0.3) is 5.56 Å². The maximum Gasteiger partial charge on any atom is 0.278 e. The van der Waals surface area contributed by atoms with Crippen molar-refractivity contribution in [3.05, 3.63) is 53.3 Å². The van der Waals surface area contributed by atoms with Gasteiger partial charge in [-0.05, 0) is 38.8 Å². The number of benzene rings is 1. The maximum atomic E-state index is 12.7. The van der Waals surface area contributed by atoms with Crippen molar-refractivity contribution in [2.75, 3.05) is 6.61 Å². The van der Waals surface area contributed by atoms with Gasteiger partial charge in [-0.25, -0.2) is 4.68 Å². The molecule has 2 aromatic rings. The predicted molar refractivity (Wildman–Crippen MR) is 106 cm³/mol. The maximum absolute atomic E-state index is 12.7. The van der Waals surface area contributed by atoms with E-state index in [2.05, 4.69) is 16.9 Å². The molecule has 0 spiro atoms. The molecule has 0 amide bonds. The number of hydrogen-bond donors (Lipinski definition) is 0. The van der Waals surface area contributed by atoms with E-state index in [4.69, 9.17) is 4.74 Å². The SMILES string of the molecule is CC.CC#CCOc1c(C)nn(CC)c(=O)c1-c1ccccc1C.[CH3-].[Y]. The molecular formula is C21H29N2O2Y-. The average Bonchev–Trinajstić information content (AvgIpc) is 2.60. The summed E-state index contributed by atoms with van der Waals surface area (Å²) in [6.07, 6.45) is 0. The number of aromatic nitrogens is 2. The third kappa shape index (κ3) is 6.38. The Hall–Kier alpha value is -1.44. The first kappa shape index (κ1) is 26.8. The van der Waals surface area contributed by atoms with Gasteiger partial charge < -0.3 is 12.2 Å². The third-order valence-electron chi connectivity index (χ3n) is 3.45. The van der Waals surface area contributed by atoms with Crippen molar-refractivity contribution >= 4 is 0 Å². The van der Waals surface area contributed by atoms with Gasteiger partial charge in [0, 0.05) is 39.3 Å². The van der Waals surface area contributed by atoms with Crippen LogP contribution in [0.5, 0.6) is 5.75 Å². The summed E-state index contributed by atoms with van der Waals surface area (Å²) in [6.45, 7) is 12.3. The standard InChI is InChI=1S/C18H20N2O2.C2H6.CH3.Y/c1-5-7-12-22-17-14(4)19-20(6-2)18(21)16(17)15-11-9-8-10-13(15)3;1-2;;/h8-11H,6,12H2,1-4H3;1-2H3;1H3;/q;;-1;. The van der Waals surface area contributed by atoms with Crippen molar-refractivity contribution in [2.45, 2.75) is 48.1 Å². The van der Waals surface area contributed by atoms with Crippen LogP contribution in [-0.2, 0) is 39.3 Å². The second-order valence-electron chi connectivity index (χ2n) is 4.94. The Morgan fingerprint density at radius 3 is 2.35 bits per heavy atom. The topological polar surface area (TPSA) is 44.1 Å². The van der Waals surface area contributed by atoms with Crippen molar-refractivity contribution in [1.82, 2.24) is 9.78 Å². The summed E-state index contributed by atoms with van der Waals surface area (Å²) in [5.74, 6) is 6.16. The van der Waals surface area contributed by atoms with E-state index in [1.807, 2.05) is 58.9 Å². The molecule has 0 saturated heterocycles. The molecule has 1 radical (unpaired) electrons. The van der Waals surface area contributed by atoms with Crippen LogP contribution in [0.25, 0.3) is 11.1 Å². The van der Waals surface area contributed by atoms with Crippen LogP contribution in [0.4, 0.5) is 0 Å². The van der Waals surface area contributed by atoms with Crippen molar-refractivity contribution in [3.63, 3.8) is 0 Å². The van der Waals surface area contributed by atoms with Gasteiger partial charge in [0.2, 0.25) is 0 Å². The van der Waals surface area contributed by atoms with E-state index >= 15 is 0 Å². The Bertz CT molecular complexity index is 802. The van der Waals surface area contributed by atoms with E-state index in [1.165, 1.54) is 4.68 Å². The predicted octanol–water partition coefficient (Wildman–Crippen LogP) is 4.42. The van der Waals surface area contributed by atoms with Crippen LogP contribution < -0.4 is 10.3 Å². The molecule has 4 nitrogen and oxygen atoms in total. The first-order valence-corrected chi connectivity index (χ1v) is 8.30. The molecule has 0 bridgehead atoms. The molecule has 1 heterocycles. The molecule has 1 aromatic carbocycles. The molecule has 2 rings (SSSR count). The number of rotatable bonds is 4. The normalized spacial score (nSPS) is 8.69. The van der Waals surface area contributed by atoms with Crippen LogP contribution >= 0.6 is 0 Å². The molecule has 0 fully saturated rings. The van der Waals surface area contributed by atoms with Gasteiger partial charge in [-0.1, -0.05) is 44.0 Å². The number of ether oxygens (including phenoxy) is 1. The molecule has 0 N–H and O–H groups in total. The van der Waals surface area contributed by atoms with E-state index in [-0.39, 0.29) is 52.3 Å². The molecule has 1 aromatic heterocycles. The molecule has 0 atom stereocenters. The van der Waals surface area contributed by atoms with Crippen LogP contribution in [0.1, 0.15) is 39.0 Å². The van der Waals surface area contributed by atoms with Gasteiger partial charge >= 0.3 is 0 Å². The quantitative estimate of drug-likeness (QED) is 0.533. The van der Waals surface area contributed by atoms with Gasteiger partial charge in [-0.15, -0.1) is 5.92 Å². The first-order chi connectivity index (χ1) is 11.6. The molecule has 0 aliphatic carbocycles. The second kappa shape index (κ2) is 13.7. The zero-order valence-electron chi connectivity index (χ0n) is 17.0. The van der Waals surface area contributed by atoms with Gasteiger partial charge in [0.05, 0.1) is 5.56 Å². The Kier molecular flexibility index (Phi) is 14.1. The van der Waals surface area contributed by atoms with E-state index < -0.39 is 0 Å². The summed E-state index contributed by atoms with van der Waals surface area (Å²) in [4.78, 5) is 12.7. The molecular weight excluding hydrogens is 401 g/mol. The Balaban J connectivity index is 0. The Morgan fingerprint density at radius 2 is 1.81 bits per heavy atom. The summed E-state index contributed by atoms with van der Waals surface area (Å²) in [6, 6.07) is 7.79. The van der Waals surface area contributed by atoms with Crippen LogP contribution in [-0.4, -0.2) is 16.4 Å². The van der Waals surface area contributed by atoms with Crippen LogP contribution in [0.15, 0.2) is 29.1 Å².